The highest BCUT2D eigenvalue weighted by Gasteiger charge is 2.03. The fourth-order valence-electron chi connectivity index (χ4n) is 1.83. The quantitative estimate of drug-likeness (QED) is 0.845. The maximum atomic E-state index is 11.9. The van der Waals surface area contributed by atoms with Crippen LogP contribution in [0.15, 0.2) is 41.5 Å². The zero-order chi connectivity index (χ0) is 13.1. The highest BCUT2D eigenvalue weighted by Crippen LogP contribution is 2.06. The van der Waals surface area contributed by atoms with E-state index in [1.807, 2.05) is 31.2 Å². The first-order valence-corrected chi connectivity index (χ1v) is 6.17. The second-order valence-electron chi connectivity index (χ2n) is 4.06. The van der Waals surface area contributed by atoms with Crippen molar-refractivity contribution in [2.24, 2.45) is 5.73 Å². The minimum absolute atomic E-state index is 0.00164. The zero-order valence-corrected chi connectivity index (χ0v) is 11.0. The third-order valence-electron chi connectivity index (χ3n) is 2.82. The lowest BCUT2D eigenvalue weighted by atomic mass is 10.1. The number of hydrogen-bond donors (Lipinski definition) is 1. The fraction of sp³-hybridized carbons (Fsp3) is 0.231. The molecule has 18 heavy (non-hydrogen) atoms. The molecule has 0 aliphatic carbocycles. The van der Waals surface area contributed by atoms with Crippen molar-refractivity contribution in [3.63, 3.8) is 0 Å². The van der Waals surface area contributed by atoms with Gasteiger partial charge in [0.25, 0.3) is 0 Å². The number of benzene rings is 1. The summed E-state index contributed by atoms with van der Waals surface area (Å²) in [4.78, 5) is 12.3. The first-order valence-electron chi connectivity index (χ1n) is 5.76. The minimum atomic E-state index is -0.00164. The van der Waals surface area contributed by atoms with Gasteiger partial charge in [-0.25, -0.2) is 4.79 Å². The number of aromatic nitrogens is 2. The molecule has 4 nitrogen and oxygen atoms in total. The number of hydrogen-bond acceptors (Lipinski definition) is 2. The van der Waals surface area contributed by atoms with Gasteiger partial charge in [0, 0.05) is 24.5 Å². The minimum Gasteiger partial charge on any atom is -0.389 e. The van der Waals surface area contributed by atoms with Crippen LogP contribution in [0.3, 0.4) is 0 Å². The van der Waals surface area contributed by atoms with Gasteiger partial charge in [-0.2, -0.15) is 0 Å². The molecule has 0 saturated heterocycles. The molecule has 94 valence electrons. The van der Waals surface area contributed by atoms with Gasteiger partial charge in [-0.3, -0.25) is 9.13 Å². The Balaban J connectivity index is 2.28. The largest absolute Gasteiger partial charge is 0.389 e. The molecule has 0 unspecified atom stereocenters. The summed E-state index contributed by atoms with van der Waals surface area (Å²) in [5, 5.41) is 0. The van der Waals surface area contributed by atoms with Gasteiger partial charge in [0.05, 0.1) is 6.54 Å². The van der Waals surface area contributed by atoms with Gasteiger partial charge in [-0.05, 0) is 18.6 Å². The maximum absolute atomic E-state index is 11.9. The van der Waals surface area contributed by atoms with Gasteiger partial charge in [0.2, 0.25) is 0 Å². The van der Waals surface area contributed by atoms with Gasteiger partial charge in [0.15, 0.2) is 0 Å². The predicted molar refractivity (Wildman–Crippen MR) is 75.8 cm³/mol. The molecule has 5 heteroatoms. The van der Waals surface area contributed by atoms with E-state index in [0.29, 0.717) is 18.1 Å². The predicted octanol–water partition coefficient (Wildman–Crippen LogP) is 1.35. The van der Waals surface area contributed by atoms with E-state index in [-0.39, 0.29) is 5.69 Å². The Labute approximate surface area is 111 Å². The second-order valence-corrected chi connectivity index (χ2v) is 4.50. The van der Waals surface area contributed by atoms with Crippen molar-refractivity contribution in [2.75, 3.05) is 0 Å². The number of nitrogens with zero attached hydrogens (tertiary/aromatic N) is 2. The summed E-state index contributed by atoms with van der Waals surface area (Å²) >= 11 is 4.94. The Kier molecular flexibility index (Phi) is 3.62. The highest BCUT2D eigenvalue weighted by molar-refractivity contribution is 7.80. The topological polar surface area (TPSA) is 52.9 Å². The Morgan fingerprint density at radius 3 is 2.67 bits per heavy atom. The van der Waals surface area contributed by atoms with Crippen LogP contribution in [-0.4, -0.2) is 14.1 Å². The third kappa shape index (κ3) is 2.51. The van der Waals surface area contributed by atoms with Crippen molar-refractivity contribution in [2.45, 2.75) is 20.0 Å². The number of rotatable bonds is 4. The van der Waals surface area contributed by atoms with Crippen LogP contribution < -0.4 is 11.4 Å². The lowest BCUT2D eigenvalue weighted by Gasteiger charge is -2.04. The van der Waals surface area contributed by atoms with Gasteiger partial charge in [0.1, 0.15) is 4.99 Å². The van der Waals surface area contributed by atoms with Gasteiger partial charge >= 0.3 is 5.69 Å². The lowest BCUT2D eigenvalue weighted by molar-refractivity contribution is 0.668. The zero-order valence-electron chi connectivity index (χ0n) is 10.2. The number of thiocarbonyl (C=S) groups is 1. The Bertz CT molecular complexity index is 627. The summed E-state index contributed by atoms with van der Waals surface area (Å²) in [7, 11) is 0. The molecule has 0 amide bonds. The molecule has 2 rings (SSSR count). The molecule has 0 radical (unpaired) electrons. The van der Waals surface area contributed by atoms with Crippen LogP contribution in [0.1, 0.15) is 18.1 Å². The molecule has 0 saturated carbocycles. The lowest BCUT2D eigenvalue weighted by Crippen LogP contribution is -2.23. The molecular weight excluding hydrogens is 246 g/mol. The standard InChI is InChI=1S/C13H15N3OS/c1-2-15-6-7-16(13(15)17)9-10-4-3-5-11(8-10)12(14)18/h3-8H,2,9H2,1H3,(H2,14,18). The van der Waals surface area contributed by atoms with Gasteiger partial charge < -0.3 is 5.73 Å². The molecule has 1 heterocycles. The van der Waals surface area contributed by atoms with E-state index < -0.39 is 0 Å². The first-order chi connectivity index (χ1) is 8.61. The molecule has 1 aromatic heterocycles. The summed E-state index contributed by atoms with van der Waals surface area (Å²) in [6.07, 6.45) is 3.58. The van der Waals surface area contributed by atoms with Crippen molar-refractivity contribution in [1.82, 2.24) is 9.13 Å². The monoisotopic (exact) mass is 261 g/mol. The van der Waals surface area contributed by atoms with Crippen molar-refractivity contribution in [1.29, 1.82) is 0 Å². The molecule has 0 atom stereocenters. The fourth-order valence-corrected chi connectivity index (χ4v) is 1.96. The van der Waals surface area contributed by atoms with Crippen LogP contribution in [-0.2, 0) is 13.1 Å². The van der Waals surface area contributed by atoms with E-state index in [9.17, 15) is 4.79 Å². The molecule has 0 spiro atoms. The average molecular weight is 261 g/mol. The van der Waals surface area contributed by atoms with E-state index in [1.54, 1.807) is 21.5 Å². The Hall–Kier alpha value is -1.88. The SMILES string of the molecule is CCn1ccn(Cc2cccc(C(N)=S)c2)c1=O. The van der Waals surface area contributed by atoms with Crippen LogP contribution in [0.5, 0.6) is 0 Å². The van der Waals surface area contributed by atoms with E-state index in [4.69, 9.17) is 18.0 Å². The smallest absolute Gasteiger partial charge is 0.328 e. The van der Waals surface area contributed by atoms with Gasteiger partial charge in [-0.1, -0.05) is 30.4 Å². The molecule has 0 aliphatic heterocycles. The van der Waals surface area contributed by atoms with Crippen molar-refractivity contribution >= 4 is 17.2 Å². The van der Waals surface area contributed by atoms with E-state index in [2.05, 4.69) is 0 Å². The normalized spacial score (nSPS) is 10.5. The number of aryl methyl sites for hydroxylation is 1. The molecule has 2 N–H and O–H groups in total. The summed E-state index contributed by atoms with van der Waals surface area (Å²) in [5.41, 5.74) is 7.42. The number of nitrogens with two attached hydrogens (primary N) is 1. The summed E-state index contributed by atoms with van der Waals surface area (Å²) < 4.78 is 3.33. The van der Waals surface area contributed by atoms with Crippen LogP contribution in [0, 0.1) is 0 Å². The Morgan fingerprint density at radius 1 is 1.33 bits per heavy atom. The molecule has 0 aliphatic rings. The average Bonchev–Trinajstić information content (AvgIpc) is 2.71. The third-order valence-corrected chi connectivity index (χ3v) is 3.06. The molecule has 1 aromatic carbocycles. The molecule has 2 aromatic rings. The molecular formula is C13H15N3OS. The highest BCUT2D eigenvalue weighted by atomic mass is 32.1. The van der Waals surface area contributed by atoms with E-state index in [1.165, 1.54) is 0 Å². The summed E-state index contributed by atoms with van der Waals surface area (Å²) in [6.45, 7) is 3.15. The van der Waals surface area contributed by atoms with Crippen molar-refractivity contribution in [3.8, 4) is 0 Å². The first kappa shape index (κ1) is 12.6. The van der Waals surface area contributed by atoms with E-state index >= 15 is 0 Å². The maximum Gasteiger partial charge on any atom is 0.328 e. The van der Waals surface area contributed by atoms with Crippen molar-refractivity contribution in [3.05, 3.63) is 58.3 Å². The van der Waals surface area contributed by atoms with Gasteiger partial charge in [-0.15, -0.1) is 0 Å². The van der Waals surface area contributed by atoms with Crippen LogP contribution in [0.4, 0.5) is 0 Å². The number of imidazole rings is 1. The van der Waals surface area contributed by atoms with Crippen LogP contribution >= 0.6 is 12.2 Å². The van der Waals surface area contributed by atoms with Crippen molar-refractivity contribution < 1.29 is 0 Å². The molecule has 0 bridgehead atoms. The summed E-state index contributed by atoms with van der Waals surface area (Å²) in [5.74, 6) is 0. The second kappa shape index (κ2) is 5.18. The summed E-state index contributed by atoms with van der Waals surface area (Å²) in [6, 6.07) is 7.63. The van der Waals surface area contributed by atoms with Crippen LogP contribution in [0.25, 0.3) is 0 Å². The Morgan fingerprint density at radius 2 is 2.06 bits per heavy atom. The van der Waals surface area contributed by atoms with Crippen LogP contribution in [0.2, 0.25) is 0 Å². The van der Waals surface area contributed by atoms with E-state index in [0.717, 1.165) is 11.1 Å². The molecule has 0 fully saturated rings.